The van der Waals surface area contributed by atoms with E-state index in [9.17, 15) is 8.42 Å². The molecule has 1 fully saturated rings. The van der Waals surface area contributed by atoms with Gasteiger partial charge in [-0.15, -0.1) is 0 Å². The van der Waals surface area contributed by atoms with Crippen molar-refractivity contribution in [3.8, 4) is 0 Å². The second-order valence-electron chi connectivity index (χ2n) is 5.61. The molecule has 8 nitrogen and oxygen atoms in total. The third-order valence-corrected chi connectivity index (χ3v) is 5.92. The summed E-state index contributed by atoms with van der Waals surface area (Å²) in [7, 11) is -1.66. The van der Waals surface area contributed by atoms with Crippen molar-refractivity contribution in [2.45, 2.75) is 24.2 Å². The number of H-pyrrole nitrogens is 1. The molecule has 1 atom stereocenters. The van der Waals surface area contributed by atoms with Gasteiger partial charge in [-0.25, -0.2) is 13.4 Å². The average molecular weight is 336 g/mol. The number of nitrogens with zero attached hydrogens (tertiary/aromatic N) is 4. The van der Waals surface area contributed by atoms with Crippen LogP contribution in [0, 0.1) is 5.92 Å². The quantitative estimate of drug-likeness (QED) is 0.840. The number of hydrogen-bond acceptors (Lipinski definition) is 6. The van der Waals surface area contributed by atoms with Crippen molar-refractivity contribution in [2.24, 2.45) is 5.92 Å². The highest BCUT2D eigenvalue weighted by molar-refractivity contribution is 7.89. The van der Waals surface area contributed by atoms with Crippen LogP contribution in [0.2, 0.25) is 0 Å². The molecule has 0 aliphatic carbocycles. The summed E-state index contributed by atoms with van der Waals surface area (Å²) < 4.78 is 26.7. The van der Waals surface area contributed by atoms with Crippen LogP contribution in [0.5, 0.6) is 0 Å². The molecule has 3 rings (SSSR count). The third kappa shape index (κ3) is 3.35. The lowest BCUT2D eigenvalue weighted by atomic mass is 9.94. The van der Waals surface area contributed by atoms with Crippen molar-refractivity contribution in [1.82, 2.24) is 24.5 Å². The predicted molar refractivity (Wildman–Crippen MR) is 85.4 cm³/mol. The fraction of sp³-hybridized carbons (Fsp3) is 0.500. The third-order valence-electron chi connectivity index (χ3n) is 4.09. The largest absolute Gasteiger partial charge is 0.372 e. The number of aromatic nitrogens is 4. The Morgan fingerprint density at radius 3 is 2.96 bits per heavy atom. The molecule has 2 aromatic rings. The summed E-state index contributed by atoms with van der Waals surface area (Å²) in [5.74, 6) is 0.983. The van der Waals surface area contributed by atoms with Crippen LogP contribution in [0.4, 0.5) is 5.82 Å². The van der Waals surface area contributed by atoms with Gasteiger partial charge < -0.3 is 5.32 Å². The summed E-state index contributed by atoms with van der Waals surface area (Å²) in [6.07, 6.45) is 8.61. The van der Waals surface area contributed by atoms with Crippen LogP contribution in [-0.4, -0.2) is 53.0 Å². The number of nitrogens with one attached hydrogen (secondary N) is 2. The van der Waals surface area contributed by atoms with Crippen molar-refractivity contribution < 1.29 is 8.42 Å². The first kappa shape index (κ1) is 15.9. The highest BCUT2D eigenvalue weighted by Gasteiger charge is 2.31. The van der Waals surface area contributed by atoms with E-state index in [2.05, 4.69) is 25.5 Å². The standard InChI is InChI=1S/C14H20N6O2S/c1-15-14-13(16-4-5-17-14)7-11-3-2-6-20(10-11)23(21,22)12-8-18-19-9-12/h4-5,8-9,11H,2-3,6-7,10H2,1H3,(H,15,17)(H,18,19)/t11-/m1/s1. The second-order valence-corrected chi connectivity index (χ2v) is 7.55. The van der Waals surface area contributed by atoms with Crippen molar-refractivity contribution in [2.75, 3.05) is 25.5 Å². The minimum Gasteiger partial charge on any atom is -0.372 e. The van der Waals surface area contributed by atoms with E-state index in [1.54, 1.807) is 16.7 Å². The molecule has 3 heterocycles. The van der Waals surface area contributed by atoms with E-state index in [1.807, 2.05) is 7.05 Å². The summed E-state index contributed by atoms with van der Waals surface area (Å²) in [6, 6.07) is 0. The number of anilines is 1. The molecule has 9 heteroatoms. The molecule has 0 spiro atoms. The monoisotopic (exact) mass is 336 g/mol. The van der Waals surface area contributed by atoms with Gasteiger partial charge in [-0.2, -0.15) is 9.40 Å². The minimum atomic E-state index is -3.47. The normalized spacial score (nSPS) is 19.6. The lowest BCUT2D eigenvalue weighted by molar-refractivity contribution is 0.264. The molecule has 23 heavy (non-hydrogen) atoms. The molecular weight excluding hydrogens is 316 g/mol. The molecule has 2 aromatic heterocycles. The number of hydrogen-bond donors (Lipinski definition) is 2. The van der Waals surface area contributed by atoms with Crippen molar-refractivity contribution >= 4 is 15.8 Å². The Hall–Kier alpha value is -2.00. The lowest BCUT2D eigenvalue weighted by Crippen LogP contribution is -2.40. The summed E-state index contributed by atoms with van der Waals surface area (Å²) in [4.78, 5) is 8.84. The summed E-state index contributed by atoms with van der Waals surface area (Å²) >= 11 is 0. The zero-order valence-electron chi connectivity index (χ0n) is 12.9. The fourth-order valence-corrected chi connectivity index (χ4v) is 4.40. The highest BCUT2D eigenvalue weighted by Crippen LogP contribution is 2.26. The number of sulfonamides is 1. The maximum atomic E-state index is 12.6. The molecule has 1 aliphatic rings. The van der Waals surface area contributed by atoms with Gasteiger partial charge in [-0.1, -0.05) is 0 Å². The van der Waals surface area contributed by atoms with Gasteiger partial charge in [0.25, 0.3) is 0 Å². The molecule has 0 bridgehead atoms. The molecule has 0 radical (unpaired) electrons. The SMILES string of the molecule is CNc1nccnc1C[C@H]1CCCN(S(=O)(=O)c2cn[nH]c2)C1. The number of aromatic amines is 1. The smallest absolute Gasteiger partial charge is 0.246 e. The summed E-state index contributed by atoms with van der Waals surface area (Å²) in [5, 5.41) is 9.33. The van der Waals surface area contributed by atoms with Gasteiger partial charge in [0, 0.05) is 38.7 Å². The Kier molecular flexibility index (Phi) is 4.58. The molecule has 0 amide bonds. The first-order valence-corrected chi connectivity index (χ1v) is 9.02. The van der Waals surface area contributed by atoms with Crippen LogP contribution in [0.3, 0.4) is 0 Å². The van der Waals surface area contributed by atoms with Crippen LogP contribution < -0.4 is 5.32 Å². The van der Waals surface area contributed by atoms with Crippen molar-refractivity contribution in [1.29, 1.82) is 0 Å². The second kappa shape index (κ2) is 6.63. The van der Waals surface area contributed by atoms with E-state index >= 15 is 0 Å². The Morgan fingerprint density at radius 2 is 2.22 bits per heavy atom. The predicted octanol–water partition coefficient (Wildman–Crippen LogP) is 0.885. The first-order chi connectivity index (χ1) is 11.1. The number of rotatable bonds is 5. The molecule has 1 saturated heterocycles. The maximum absolute atomic E-state index is 12.6. The average Bonchev–Trinajstić information content (AvgIpc) is 3.11. The Morgan fingerprint density at radius 1 is 1.39 bits per heavy atom. The molecule has 0 unspecified atom stereocenters. The maximum Gasteiger partial charge on any atom is 0.246 e. The lowest BCUT2D eigenvalue weighted by Gasteiger charge is -2.31. The van der Waals surface area contributed by atoms with Gasteiger partial charge in [0.1, 0.15) is 10.7 Å². The van der Waals surface area contributed by atoms with Gasteiger partial charge in [0.05, 0.1) is 11.9 Å². The summed E-state index contributed by atoms with van der Waals surface area (Å²) in [5.41, 5.74) is 0.877. The molecular formula is C14H20N6O2S. The van der Waals surface area contributed by atoms with Gasteiger partial charge in [-0.3, -0.25) is 10.1 Å². The van der Waals surface area contributed by atoms with E-state index in [4.69, 9.17) is 0 Å². The van der Waals surface area contributed by atoms with Gasteiger partial charge >= 0.3 is 0 Å². The first-order valence-electron chi connectivity index (χ1n) is 7.58. The fourth-order valence-electron chi connectivity index (χ4n) is 2.94. The van der Waals surface area contributed by atoms with Crippen LogP contribution in [0.1, 0.15) is 18.5 Å². The Labute approximate surface area is 135 Å². The van der Waals surface area contributed by atoms with E-state index in [-0.39, 0.29) is 10.8 Å². The zero-order valence-corrected chi connectivity index (χ0v) is 13.8. The van der Waals surface area contributed by atoms with Gasteiger partial charge in [0.15, 0.2) is 0 Å². The van der Waals surface area contributed by atoms with Gasteiger partial charge in [0.2, 0.25) is 10.0 Å². The Balaban J connectivity index is 1.74. The number of piperidine rings is 1. The summed E-state index contributed by atoms with van der Waals surface area (Å²) in [6.45, 7) is 1.04. The van der Waals surface area contributed by atoms with Crippen LogP contribution in [0.15, 0.2) is 29.7 Å². The molecule has 2 N–H and O–H groups in total. The van der Waals surface area contributed by atoms with Crippen molar-refractivity contribution in [3.63, 3.8) is 0 Å². The minimum absolute atomic E-state index is 0.216. The molecule has 0 aromatic carbocycles. The molecule has 0 saturated carbocycles. The van der Waals surface area contributed by atoms with E-state index in [0.717, 1.165) is 24.4 Å². The topological polar surface area (TPSA) is 104 Å². The van der Waals surface area contributed by atoms with E-state index in [0.29, 0.717) is 19.5 Å². The van der Waals surface area contributed by atoms with Crippen LogP contribution in [-0.2, 0) is 16.4 Å². The van der Waals surface area contributed by atoms with Crippen molar-refractivity contribution in [3.05, 3.63) is 30.5 Å². The van der Waals surface area contributed by atoms with Crippen LogP contribution in [0.25, 0.3) is 0 Å². The van der Waals surface area contributed by atoms with Gasteiger partial charge in [-0.05, 0) is 25.2 Å². The highest BCUT2D eigenvalue weighted by atomic mass is 32.2. The Bertz CT molecular complexity index is 746. The van der Waals surface area contributed by atoms with E-state index < -0.39 is 10.0 Å². The zero-order chi connectivity index (χ0) is 16.3. The van der Waals surface area contributed by atoms with E-state index in [1.165, 1.54) is 12.4 Å². The molecule has 1 aliphatic heterocycles. The van der Waals surface area contributed by atoms with Crippen LogP contribution >= 0.6 is 0 Å². The molecule has 124 valence electrons.